The van der Waals surface area contributed by atoms with Crippen molar-refractivity contribution in [2.75, 3.05) is 0 Å². The molecule has 1 aromatic heterocycles. The minimum Gasteiger partial charge on any atom is -0.285 e. The van der Waals surface area contributed by atoms with E-state index in [1.165, 1.54) is 36.4 Å². The normalized spacial score (nSPS) is 12.4. The van der Waals surface area contributed by atoms with Gasteiger partial charge in [-0.05, 0) is 24.3 Å². The van der Waals surface area contributed by atoms with Gasteiger partial charge in [0, 0.05) is 4.90 Å². The first kappa shape index (κ1) is 16.8. The van der Waals surface area contributed by atoms with Gasteiger partial charge in [0.2, 0.25) is 0 Å². The number of hydrogen-bond donors (Lipinski definition) is 1. The third-order valence-corrected chi connectivity index (χ3v) is 4.19. The summed E-state index contributed by atoms with van der Waals surface area (Å²) in [6.45, 7) is 0. The second-order valence-electron chi connectivity index (χ2n) is 4.29. The minimum absolute atomic E-state index is 0.0356. The molecule has 0 unspecified atom stereocenters. The summed E-state index contributed by atoms with van der Waals surface area (Å²) in [5.74, 6) is -0.692. The van der Waals surface area contributed by atoms with Crippen LogP contribution in [-0.4, -0.2) is 18.0 Å². The minimum atomic E-state index is -4.49. The molecule has 9 heteroatoms. The van der Waals surface area contributed by atoms with E-state index in [-0.39, 0.29) is 15.6 Å². The predicted molar refractivity (Wildman–Crippen MR) is 75.1 cm³/mol. The maximum Gasteiger partial charge on any atom is 0.417 e. The average molecular weight is 349 g/mol. The Morgan fingerprint density at radius 3 is 2.41 bits per heavy atom. The van der Waals surface area contributed by atoms with E-state index < -0.39 is 27.6 Å². The van der Waals surface area contributed by atoms with Crippen molar-refractivity contribution >= 4 is 21.9 Å². The van der Waals surface area contributed by atoms with Crippen LogP contribution in [0.2, 0.25) is 0 Å². The van der Waals surface area contributed by atoms with E-state index in [0.29, 0.717) is 0 Å². The summed E-state index contributed by atoms with van der Waals surface area (Å²) in [6.07, 6.45) is -4.49. The van der Waals surface area contributed by atoms with Crippen LogP contribution in [0.3, 0.4) is 0 Å². The molecule has 0 saturated carbocycles. The summed E-state index contributed by atoms with van der Waals surface area (Å²) in [5, 5.41) is 0.206. The number of nitrogens with zero attached hydrogens (tertiary/aromatic N) is 1. The predicted octanol–water partition coefficient (Wildman–Crippen LogP) is 3.64. The molecule has 1 aromatic carbocycles. The molecule has 118 valence electrons. The number of rotatable bonds is 4. The molecular formula is C13H10F3NO3S2. The fraction of sp³-hybridized carbons (Fsp3) is 0.154. The van der Waals surface area contributed by atoms with Crippen LogP contribution in [0.15, 0.2) is 52.4 Å². The van der Waals surface area contributed by atoms with Crippen LogP contribution in [0.5, 0.6) is 0 Å². The first-order valence-electron chi connectivity index (χ1n) is 5.90. The Hall–Kier alpha value is -1.58. The van der Waals surface area contributed by atoms with Gasteiger partial charge in [-0.1, -0.05) is 30.0 Å². The number of halogens is 3. The molecule has 2 aromatic rings. The highest BCUT2D eigenvalue weighted by Crippen LogP contribution is 2.38. The molecule has 0 atom stereocenters. The number of alkyl halides is 3. The fourth-order valence-corrected chi connectivity index (χ4v) is 3.19. The number of pyridine rings is 1. The molecule has 0 amide bonds. The van der Waals surface area contributed by atoms with Gasteiger partial charge >= 0.3 is 6.18 Å². The van der Waals surface area contributed by atoms with Crippen LogP contribution in [0.4, 0.5) is 13.2 Å². The third kappa shape index (κ3) is 4.72. The molecule has 0 bridgehead atoms. The summed E-state index contributed by atoms with van der Waals surface area (Å²) in [7, 11) is -4.25. The van der Waals surface area contributed by atoms with Crippen molar-refractivity contribution in [1.29, 1.82) is 0 Å². The van der Waals surface area contributed by atoms with Gasteiger partial charge in [0.05, 0.1) is 11.3 Å². The molecule has 0 saturated heterocycles. The monoisotopic (exact) mass is 349 g/mol. The molecular weight excluding hydrogens is 339 g/mol. The van der Waals surface area contributed by atoms with Gasteiger partial charge in [0.15, 0.2) is 0 Å². The molecule has 1 N–H and O–H groups in total. The zero-order chi connectivity index (χ0) is 16.4. The van der Waals surface area contributed by atoms with Gasteiger partial charge in [0.1, 0.15) is 10.8 Å². The first-order chi connectivity index (χ1) is 10.1. The molecule has 0 aliphatic rings. The SMILES string of the molecule is O=S(=O)(O)Cc1cccc(Sc2ccccc2C(F)(F)F)n1. The van der Waals surface area contributed by atoms with Gasteiger partial charge in [-0.2, -0.15) is 21.6 Å². The third-order valence-electron chi connectivity index (χ3n) is 2.52. The van der Waals surface area contributed by atoms with Crippen LogP contribution in [0, 0.1) is 0 Å². The van der Waals surface area contributed by atoms with Gasteiger partial charge in [-0.3, -0.25) is 4.55 Å². The molecule has 22 heavy (non-hydrogen) atoms. The van der Waals surface area contributed by atoms with E-state index >= 15 is 0 Å². The van der Waals surface area contributed by atoms with E-state index in [0.717, 1.165) is 17.8 Å². The number of benzene rings is 1. The summed E-state index contributed by atoms with van der Waals surface area (Å²) in [6, 6.07) is 9.33. The lowest BCUT2D eigenvalue weighted by atomic mass is 10.2. The Morgan fingerprint density at radius 1 is 1.09 bits per heavy atom. The van der Waals surface area contributed by atoms with Crippen LogP contribution >= 0.6 is 11.8 Å². The van der Waals surface area contributed by atoms with E-state index in [1.54, 1.807) is 0 Å². The number of hydrogen-bond acceptors (Lipinski definition) is 4. The van der Waals surface area contributed by atoms with Gasteiger partial charge in [-0.15, -0.1) is 0 Å². The average Bonchev–Trinajstić information content (AvgIpc) is 2.36. The first-order valence-corrected chi connectivity index (χ1v) is 8.33. The second kappa shape index (κ2) is 6.27. The van der Waals surface area contributed by atoms with Crippen molar-refractivity contribution in [3.8, 4) is 0 Å². The Kier molecular flexibility index (Phi) is 4.78. The van der Waals surface area contributed by atoms with E-state index in [2.05, 4.69) is 4.98 Å². The standard InChI is InChI=1S/C13H10F3NO3S2/c14-13(15,16)10-5-1-2-6-11(10)21-12-7-3-4-9(17-12)8-22(18,19)20/h1-7H,8H2,(H,18,19,20). The van der Waals surface area contributed by atoms with Crippen LogP contribution < -0.4 is 0 Å². The van der Waals surface area contributed by atoms with Gasteiger partial charge in [-0.25, -0.2) is 4.98 Å². The van der Waals surface area contributed by atoms with Crippen LogP contribution in [0.1, 0.15) is 11.3 Å². The Bertz CT molecular complexity index is 776. The number of aromatic nitrogens is 1. The maximum atomic E-state index is 12.9. The quantitative estimate of drug-likeness (QED) is 0.854. The van der Waals surface area contributed by atoms with Crippen molar-refractivity contribution in [3.05, 3.63) is 53.7 Å². The lowest BCUT2D eigenvalue weighted by molar-refractivity contribution is -0.139. The zero-order valence-corrected chi connectivity index (χ0v) is 12.5. The zero-order valence-electron chi connectivity index (χ0n) is 10.9. The summed E-state index contributed by atoms with van der Waals surface area (Å²) in [5.41, 5.74) is -0.737. The molecule has 0 aliphatic carbocycles. The van der Waals surface area contributed by atoms with Crippen molar-refractivity contribution in [1.82, 2.24) is 4.98 Å². The maximum absolute atomic E-state index is 12.9. The topological polar surface area (TPSA) is 67.3 Å². The lowest BCUT2D eigenvalue weighted by Gasteiger charge is -2.11. The molecule has 0 radical (unpaired) electrons. The summed E-state index contributed by atoms with van der Waals surface area (Å²) in [4.78, 5) is 3.90. The van der Waals surface area contributed by atoms with Crippen molar-refractivity contribution < 1.29 is 26.1 Å². The Morgan fingerprint density at radius 2 is 1.77 bits per heavy atom. The largest absolute Gasteiger partial charge is 0.417 e. The van der Waals surface area contributed by atoms with E-state index in [9.17, 15) is 21.6 Å². The molecule has 0 fully saturated rings. The molecule has 0 aliphatic heterocycles. The van der Waals surface area contributed by atoms with Crippen molar-refractivity contribution in [3.63, 3.8) is 0 Å². The van der Waals surface area contributed by atoms with E-state index in [4.69, 9.17) is 4.55 Å². The van der Waals surface area contributed by atoms with Crippen LogP contribution in [0.25, 0.3) is 0 Å². The summed E-state index contributed by atoms with van der Waals surface area (Å²) >= 11 is 0.774. The molecule has 0 spiro atoms. The molecule has 2 rings (SSSR count). The Labute approximate surface area is 129 Å². The second-order valence-corrected chi connectivity index (χ2v) is 6.80. The van der Waals surface area contributed by atoms with Crippen LogP contribution in [-0.2, 0) is 22.0 Å². The summed E-state index contributed by atoms with van der Waals surface area (Å²) < 4.78 is 69.1. The van der Waals surface area contributed by atoms with Gasteiger partial charge < -0.3 is 0 Å². The molecule has 1 heterocycles. The highest BCUT2D eigenvalue weighted by molar-refractivity contribution is 7.99. The fourth-order valence-electron chi connectivity index (χ4n) is 1.68. The van der Waals surface area contributed by atoms with Gasteiger partial charge in [0.25, 0.3) is 10.1 Å². The lowest BCUT2D eigenvalue weighted by Crippen LogP contribution is -2.06. The van der Waals surface area contributed by atoms with E-state index in [1.807, 2.05) is 0 Å². The van der Waals surface area contributed by atoms with Crippen molar-refractivity contribution in [2.45, 2.75) is 21.9 Å². The van der Waals surface area contributed by atoms with Crippen molar-refractivity contribution in [2.24, 2.45) is 0 Å². The highest BCUT2D eigenvalue weighted by Gasteiger charge is 2.33. The molecule has 4 nitrogen and oxygen atoms in total. The Balaban J connectivity index is 2.31. The highest BCUT2D eigenvalue weighted by atomic mass is 32.2. The smallest absolute Gasteiger partial charge is 0.285 e.